The summed E-state index contributed by atoms with van der Waals surface area (Å²) in [6, 6.07) is 7.33. The Morgan fingerprint density at radius 2 is 2.15 bits per heavy atom. The van der Waals surface area contributed by atoms with E-state index in [1.54, 1.807) is 6.07 Å². The van der Waals surface area contributed by atoms with Crippen molar-refractivity contribution >= 4 is 16.8 Å². The number of nitrogens with two attached hydrogens (primary N) is 1. The normalized spacial score (nSPS) is 24.3. The Morgan fingerprint density at radius 3 is 3.00 bits per heavy atom. The van der Waals surface area contributed by atoms with E-state index in [1.165, 1.54) is 0 Å². The number of fused-ring (bicyclic) bond motifs is 1. The van der Waals surface area contributed by atoms with E-state index in [-0.39, 0.29) is 17.5 Å². The van der Waals surface area contributed by atoms with Gasteiger partial charge in [0.15, 0.2) is 0 Å². The molecule has 1 aromatic heterocycles. The van der Waals surface area contributed by atoms with E-state index >= 15 is 0 Å². The maximum absolute atomic E-state index is 12.8. The molecule has 4 rings (SSSR count). The van der Waals surface area contributed by atoms with Gasteiger partial charge < -0.3 is 20.4 Å². The van der Waals surface area contributed by atoms with Gasteiger partial charge in [-0.2, -0.15) is 0 Å². The van der Waals surface area contributed by atoms with Crippen molar-refractivity contribution in [1.82, 2.24) is 19.8 Å². The van der Waals surface area contributed by atoms with Crippen LogP contribution in [0, 0.1) is 0 Å². The van der Waals surface area contributed by atoms with Crippen LogP contribution in [0.3, 0.4) is 0 Å². The van der Waals surface area contributed by atoms with Gasteiger partial charge in [-0.1, -0.05) is 12.1 Å². The number of ether oxygens (including phenoxy) is 1. The quantitative estimate of drug-likeness (QED) is 0.791. The molecule has 2 aliphatic heterocycles. The summed E-state index contributed by atoms with van der Waals surface area (Å²) in [7, 11) is 0. The third-order valence-corrected chi connectivity index (χ3v) is 5.23. The number of morpholine rings is 1. The van der Waals surface area contributed by atoms with E-state index in [4.69, 9.17) is 10.5 Å². The summed E-state index contributed by atoms with van der Waals surface area (Å²) in [6.07, 6.45) is 1.41. The van der Waals surface area contributed by atoms with Crippen LogP contribution in [0.1, 0.15) is 18.7 Å². The first-order valence-electron chi connectivity index (χ1n) is 9.46. The molecular formula is C19H25N5O3. The minimum atomic E-state index is -0.490. The van der Waals surface area contributed by atoms with Gasteiger partial charge in [-0.3, -0.25) is 14.5 Å². The summed E-state index contributed by atoms with van der Waals surface area (Å²) in [5.74, 6) is 0.613. The van der Waals surface area contributed by atoms with E-state index < -0.39 is 6.10 Å². The van der Waals surface area contributed by atoms with Crippen LogP contribution < -0.4 is 11.3 Å². The minimum Gasteiger partial charge on any atom is -0.366 e. The van der Waals surface area contributed by atoms with Gasteiger partial charge in [-0.15, -0.1) is 0 Å². The Kier molecular flexibility index (Phi) is 5.20. The van der Waals surface area contributed by atoms with Crippen LogP contribution in [0.25, 0.3) is 10.9 Å². The number of nitrogens with one attached hydrogen (secondary N) is 1. The highest BCUT2D eigenvalue weighted by atomic mass is 16.5. The van der Waals surface area contributed by atoms with E-state index in [9.17, 15) is 9.59 Å². The molecule has 0 aliphatic carbocycles. The van der Waals surface area contributed by atoms with Crippen molar-refractivity contribution in [1.29, 1.82) is 0 Å². The largest absolute Gasteiger partial charge is 0.366 e. The van der Waals surface area contributed by atoms with Gasteiger partial charge in [0.05, 0.1) is 24.1 Å². The zero-order chi connectivity index (χ0) is 18.8. The fourth-order valence-electron chi connectivity index (χ4n) is 3.83. The van der Waals surface area contributed by atoms with E-state index in [0.717, 1.165) is 19.4 Å². The Labute approximate surface area is 157 Å². The Balaban J connectivity index is 1.44. The average molecular weight is 371 g/mol. The van der Waals surface area contributed by atoms with Crippen LogP contribution in [0.15, 0.2) is 29.1 Å². The van der Waals surface area contributed by atoms with E-state index in [0.29, 0.717) is 49.5 Å². The van der Waals surface area contributed by atoms with Crippen LogP contribution in [0.5, 0.6) is 0 Å². The molecule has 0 bridgehead atoms. The van der Waals surface area contributed by atoms with E-state index in [1.807, 2.05) is 23.1 Å². The second-order valence-electron chi connectivity index (χ2n) is 7.31. The van der Waals surface area contributed by atoms with Crippen LogP contribution in [0.2, 0.25) is 0 Å². The number of amides is 1. The van der Waals surface area contributed by atoms with Crippen LogP contribution >= 0.6 is 0 Å². The number of piperidine rings is 1. The lowest BCUT2D eigenvalue weighted by atomic mass is 10.1. The molecule has 3 N–H and O–H groups in total. The third-order valence-electron chi connectivity index (χ3n) is 5.23. The smallest absolute Gasteiger partial charge is 0.258 e. The summed E-state index contributed by atoms with van der Waals surface area (Å²) < 4.78 is 5.72. The molecule has 2 aromatic rings. The number of H-pyrrole nitrogens is 1. The number of aromatic amines is 1. The number of rotatable bonds is 3. The maximum atomic E-state index is 12.8. The zero-order valence-electron chi connectivity index (χ0n) is 15.3. The SMILES string of the molecule is N[C@H]1CCCN(C(=O)[C@H]2CN(Cc3nc4ccccc4c(=O)[nH]3)CCO2)C1. The number of carbonyl (C=O) groups is 1. The Hall–Kier alpha value is -2.29. The molecule has 0 unspecified atom stereocenters. The highest BCUT2D eigenvalue weighted by molar-refractivity contribution is 5.81. The van der Waals surface area contributed by atoms with Gasteiger partial charge >= 0.3 is 0 Å². The molecule has 3 heterocycles. The highest BCUT2D eigenvalue weighted by Crippen LogP contribution is 2.15. The minimum absolute atomic E-state index is 0.00909. The molecule has 27 heavy (non-hydrogen) atoms. The summed E-state index contributed by atoms with van der Waals surface area (Å²) in [5.41, 5.74) is 6.53. The number of hydrogen-bond donors (Lipinski definition) is 2. The first-order chi connectivity index (χ1) is 13.1. The lowest BCUT2D eigenvalue weighted by Crippen LogP contribution is -2.54. The van der Waals surface area contributed by atoms with Crippen molar-refractivity contribution in [3.63, 3.8) is 0 Å². The van der Waals surface area contributed by atoms with Gasteiger partial charge in [0, 0.05) is 32.2 Å². The molecule has 2 atom stereocenters. The molecule has 1 amide bonds. The number of aromatic nitrogens is 2. The fraction of sp³-hybridized carbons (Fsp3) is 0.526. The summed E-state index contributed by atoms with van der Waals surface area (Å²) in [5, 5.41) is 0.581. The van der Waals surface area contributed by atoms with Gasteiger partial charge in [0.25, 0.3) is 11.5 Å². The maximum Gasteiger partial charge on any atom is 0.258 e. The standard InChI is InChI=1S/C19H25N5O3/c20-13-4-3-7-24(10-13)19(26)16-11-23(8-9-27-16)12-17-21-15-6-2-1-5-14(15)18(25)22-17/h1-2,5-6,13,16H,3-4,7-12,20H2,(H,21,22,25)/t13-,16+/m0/s1. The van der Waals surface area contributed by atoms with Crippen molar-refractivity contribution in [2.24, 2.45) is 5.73 Å². The Bertz CT molecular complexity index is 883. The van der Waals surface area contributed by atoms with Crippen molar-refractivity contribution in [2.45, 2.75) is 31.5 Å². The molecule has 1 aromatic carbocycles. The van der Waals surface area contributed by atoms with Crippen molar-refractivity contribution in [2.75, 3.05) is 32.8 Å². The summed E-state index contributed by atoms with van der Waals surface area (Å²) >= 11 is 0. The fourth-order valence-corrected chi connectivity index (χ4v) is 3.83. The molecule has 0 saturated carbocycles. The average Bonchev–Trinajstić information content (AvgIpc) is 2.68. The molecule has 8 nitrogen and oxygen atoms in total. The summed E-state index contributed by atoms with van der Waals surface area (Å²) in [4.78, 5) is 36.3. The van der Waals surface area contributed by atoms with Gasteiger partial charge in [-0.05, 0) is 25.0 Å². The van der Waals surface area contributed by atoms with Crippen LogP contribution in [0.4, 0.5) is 0 Å². The number of likely N-dealkylation sites (tertiary alicyclic amines) is 1. The van der Waals surface area contributed by atoms with E-state index in [2.05, 4.69) is 14.9 Å². The van der Waals surface area contributed by atoms with Crippen LogP contribution in [-0.4, -0.2) is 70.6 Å². The molecular weight excluding hydrogens is 346 g/mol. The Morgan fingerprint density at radius 1 is 1.30 bits per heavy atom. The predicted octanol–water partition coefficient (Wildman–Crippen LogP) is 0.0736. The number of benzene rings is 1. The number of hydrogen-bond acceptors (Lipinski definition) is 6. The van der Waals surface area contributed by atoms with Gasteiger partial charge in [-0.25, -0.2) is 4.98 Å². The summed E-state index contributed by atoms with van der Waals surface area (Å²) in [6.45, 7) is 3.48. The molecule has 2 aliphatic rings. The van der Waals surface area contributed by atoms with Crippen molar-refractivity contribution in [3.8, 4) is 0 Å². The molecule has 2 saturated heterocycles. The van der Waals surface area contributed by atoms with Crippen molar-refractivity contribution < 1.29 is 9.53 Å². The molecule has 0 spiro atoms. The molecule has 144 valence electrons. The predicted molar refractivity (Wildman–Crippen MR) is 101 cm³/mol. The molecule has 0 radical (unpaired) electrons. The number of carbonyl (C=O) groups excluding carboxylic acids is 1. The topological polar surface area (TPSA) is 105 Å². The van der Waals surface area contributed by atoms with Gasteiger partial charge in [0.2, 0.25) is 0 Å². The third kappa shape index (κ3) is 4.02. The van der Waals surface area contributed by atoms with Crippen LogP contribution in [-0.2, 0) is 16.1 Å². The monoisotopic (exact) mass is 371 g/mol. The highest BCUT2D eigenvalue weighted by Gasteiger charge is 2.32. The lowest BCUT2D eigenvalue weighted by molar-refractivity contribution is -0.151. The zero-order valence-corrected chi connectivity index (χ0v) is 15.3. The number of nitrogens with zero attached hydrogens (tertiary/aromatic N) is 3. The first-order valence-corrected chi connectivity index (χ1v) is 9.46. The molecule has 2 fully saturated rings. The lowest BCUT2D eigenvalue weighted by Gasteiger charge is -2.37. The number of para-hydroxylation sites is 1. The van der Waals surface area contributed by atoms with Gasteiger partial charge in [0.1, 0.15) is 11.9 Å². The second-order valence-corrected chi connectivity index (χ2v) is 7.31. The van der Waals surface area contributed by atoms with Crippen molar-refractivity contribution in [3.05, 3.63) is 40.4 Å². The second kappa shape index (κ2) is 7.75. The molecule has 8 heteroatoms. The first kappa shape index (κ1) is 18.1.